The first-order chi connectivity index (χ1) is 9.26. The van der Waals surface area contributed by atoms with E-state index >= 15 is 0 Å². The number of rotatable bonds is 5. The van der Waals surface area contributed by atoms with Gasteiger partial charge < -0.3 is 14.8 Å². The lowest BCUT2D eigenvalue weighted by atomic mass is 9.91. The van der Waals surface area contributed by atoms with E-state index in [0.717, 1.165) is 5.56 Å². The fraction of sp³-hybridized carbons (Fsp3) is 0.562. The Labute approximate surface area is 121 Å². The zero-order valence-corrected chi connectivity index (χ0v) is 13.2. The van der Waals surface area contributed by atoms with Gasteiger partial charge in [-0.15, -0.1) is 0 Å². The average molecular weight is 279 g/mol. The van der Waals surface area contributed by atoms with Crippen LogP contribution in [0.2, 0.25) is 0 Å². The van der Waals surface area contributed by atoms with Gasteiger partial charge in [0.05, 0.1) is 20.3 Å². The lowest BCUT2D eigenvalue weighted by Gasteiger charge is -2.21. The molecule has 0 saturated heterocycles. The van der Waals surface area contributed by atoms with Gasteiger partial charge in [0.2, 0.25) is 5.91 Å². The topological polar surface area (TPSA) is 47.6 Å². The van der Waals surface area contributed by atoms with Crippen LogP contribution in [0, 0.1) is 5.41 Å². The van der Waals surface area contributed by atoms with Gasteiger partial charge in [-0.25, -0.2) is 0 Å². The first-order valence-electron chi connectivity index (χ1n) is 6.78. The molecule has 0 aliphatic rings. The van der Waals surface area contributed by atoms with Crippen LogP contribution in [0.25, 0.3) is 0 Å². The predicted octanol–water partition coefficient (Wildman–Crippen LogP) is 3.32. The Kier molecular flexibility index (Phi) is 5.43. The highest BCUT2D eigenvalue weighted by Crippen LogP contribution is 2.30. The maximum atomic E-state index is 12.0. The lowest BCUT2D eigenvalue weighted by Crippen LogP contribution is -2.29. The van der Waals surface area contributed by atoms with Gasteiger partial charge >= 0.3 is 0 Å². The minimum Gasteiger partial charge on any atom is -0.493 e. The number of nitrogens with one attached hydrogen (secondary N) is 1. The smallest absolute Gasteiger partial charge is 0.220 e. The molecule has 1 atom stereocenters. The van der Waals surface area contributed by atoms with E-state index in [-0.39, 0.29) is 17.4 Å². The molecule has 0 saturated carbocycles. The molecule has 4 nitrogen and oxygen atoms in total. The molecule has 20 heavy (non-hydrogen) atoms. The highest BCUT2D eigenvalue weighted by atomic mass is 16.5. The molecule has 1 amide bonds. The molecule has 0 fully saturated rings. The highest BCUT2D eigenvalue weighted by Gasteiger charge is 2.18. The minimum atomic E-state index is -0.0651. The van der Waals surface area contributed by atoms with E-state index in [1.54, 1.807) is 14.2 Å². The molecule has 0 spiro atoms. The van der Waals surface area contributed by atoms with Crippen LogP contribution in [0.15, 0.2) is 18.2 Å². The van der Waals surface area contributed by atoms with Gasteiger partial charge in [-0.2, -0.15) is 0 Å². The van der Waals surface area contributed by atoms with Crippen LogP contribution in [0.1, 0.15) is 45.7 Å². The maximum absolute atomic E-state index is 12.0. The summed E-state index contributed by atoms with van der Waals surface area (Å²) in [6.45, 7) is 8.11. The van der Waals surface area contributed by atoms with Crippen molar-refractivity contribution in [1.29, 1.82) is 0 Å². The molecule has 1 aromatic rings. The molecular weight excluding hydrogens is 254 g/mol. The molecule has 0 aliphatic heterocycles. The quantitative estimate of drug-likeness (QED) is 0.899. The van der Waals surface area contributed by atoms with E-state index in [1.165, 1.54) is 0 Å². The number of hydrogen-bond acceptors (Lipinski definition) is 3. The molecule has 0 heterocycles. The number of benzene rings is 1. The molecule has 1 unspecified atom stereocenters. The van der Waals surface area contributed by atoms with Crippen molar-refractivity contribution in [3.63, 3.8) is 0 Å². The van der Waals surface area contributed by atoms with Crippen molar-refractivity contribution in [2.45, 2.75) is 40.2 Å². The second-order valence-corrected chi connectivity index (χ2v) is 6.14. The Morgan fingerprint density at radius 1 is 1.20 bits per heavy atom. The third-order valence-corrected chi connectivity index (χ3v) is 2.98. The third-order valence-electron chi connectivity index (χ3n) is 2.98. The van der Waals surface area contributed by atoms with Crippen molar-refractivity contribution in [1.82, 2.24) is 5.32 Å². The van der Waals surface area contributed by atoms with Crippen molar-refractivity contribution in [2.75, 3.05) is 14.2 Å². The monoisotopic (exact) mass is 279 g/mol. The van der Waals surface area contributed by atoms with E-state index in [4.69, 9.17) is 9.47 Å². The van der Waals surface area contributed by atoms with Crippen LogP contribution in [0.5, 0.6) is 11.5 Å². The summed E-state index contributed by atoms with van der Waals surface area (Å²) in [6.07, 6.45) is 0.505. The van der Waals surface area contributed by atoms with Crippen molar-refractivity contribution in [3.05, 3.63) is 23.8 Å². The zero-order chi connectivity index (χ0) is 15.3. The van der Waals surface area contributed by atoms with Gasteiger partial charge in [-0.1, -0.05) is 26.8 Å². The van der Waals surface area contributed by atoms with Crippen LogP contribution in [0.3, 0.4) is 0 Å². The number of hydrogen-bond donors (Lipinski definition) is 1. The predicted molar refractivity (Wildman–Crippen MR) is 80.2 cm³/mol. The number of carbonyl (C=O) groups excluding carboxylic acids is 1. The third kappa shape index (κ3) is 4.76. The molecule has 0 radical (unpaired) electrons. The molecule has 0 aliphatic carbocycles. The summed E-state index contributed by atoms with van der Waals surface area (Å²) in [7, 11) is 3.20. The van der Waals surface area contributed by atoms with Gasteiger partial charge in [0.25, 0.3) is 0 Å². The molecule has 1 aromatic carbocycles. The van der Waals surface area contributed by atoms with Gasteiger partial charge in [0.1, 0.15) is 0 Å². The Hall–Kier alpha value is -1.71. The molecule has 1 rings (SSSR count). The Bertz CT molecular complexity index is 463. The van der Waals surface area contributed by atoms with E-state index in [1.807, 2.05) is 45.9 Å². The zero-order valence-electron chi connectivity index (χ0n) is 13.2. The summed E-state index contributed by atoms with van der Waals surface area (Å²) in [5.74, 6) is 1.41. The van der Waals surface area contributed by atoms with Gasteiger partial charge in [-0.3, -0.25) is 4.79 Å². The van der Waals surface area contributed by atoms with Crippen molar-refractivity contribution in [2.24, 2.45) is 5.41 Å². The normalized spacial score (nSPS) is 12.7. The van der Waals surface area contributed by atoms with Crippen LogP contribution < -0.4 is 14.8 Å². The van der Waals surface area contributed by atoms with Crippen molar-refractivity contribution < 1.29 is 14.3 Å². The Morgan fingerprint density at radius 2 is 1.80 bits per heavy atom. The fourth-order valence-electron chi connectivity index (χ4n) is 1.98. The minimum absolute atomic E-state index is 0.0125. The van der Waals surface area contributed by atoms with Crippen LogP contribution in [-0.4, -0.2) is 20.1 Å². The average Bonchev–Trinajstić information content (AvgIpc) is 2.35. The molecule has 112 valence electrons. The summed E-state index contributed by atoms with van der Waals surface area (Å²) in [6, 6.07) is 5.61. The first-order valence-corrected chi connectivity index (χ1v) is 6.78. The summed E-state index contributed by atoms with van der Waals surface area (Å²) in [5, 5.41) is 3.01. The maximum Gasteiger partial charge on any atom is 0.220 e. The molecule has 0 bridgehead atoms. The second-order valence-electron chi connectivity index (χ2n) is 6.14. The number of carbonyl (C=O) groups is 1. The van der Waals surface area contributed by atoms with E-state index in [9.17, 15) is 4.79 Å². The van der Waals surface area contributed by atoms with E-state index in [2.05, 4.69) is 5.32 Å². The van der Waals surface area contributed by atoms with Crippen LogP contribution in [-0.2, 0) is 4.79 Å². The largest absolute Gasteiger partial charge is 0.493 e. The number of ether oxygens (including phenoxy) is 2. The molecule has 4 heteroatoms. The highest BCUT2D eigenvalue weighted by molar-refractivity contribution is 5.77. The standard InChI is InChI=1S/C16H25NO3/c1-11(17-15(18)10-16(2,3)4)12-7-8-13(19-5)14(9-12)20-6/h7-9,11H,10H2,1-6H3,(H,17,18). The molecular formula is C16H25NO3. The summed E-state index contributed by atoms with van der Waals surface area (Å²) >= 11 is 0. The lowest BCUT2D eigenvalue weighted by molar-refractivity contribution is -0.123. The summed E-state index contributed by atoms with van der Waals surface area (Å²) < 4.78 is 10.5. The van der Waals surface area contributed by atoms with Crippen molar-refractivity contribution >= 4 is 5.91 Å². The molecule has 1 N–H and O–H groups in total. The summed E-state index contributed by atoms with van der Waals surface area (Å²) in [4.78, 5) is 12.0. The second kappa shape index (κ2) is 6.64. The number of methoxy groups -OCH3 is 2. The SMILES string of the molecule is COc1ccc(C(C)NC(=O)CC(C)(C)C)cc1OC. The Balaban J connectivity index is 2.77. The number of amides is 1. The van der Waals surface area contributed by atoms with Gasteiger partial charge in [0.15, 0.2) is 11.5 Å². The van der Waals surface area contributed by atoms with Crippen molar-refractivity contribution in [3.8, 4) is 11.5 Å². The summed E-state index contributed by atoms with van der Waals surface area (Å²) in [5.41, 5.74) is 0.978. The van der Waals surface area contributed by atoms with E-state index in [0.29, 0.717) is 17.9 Å². The fourth-order valence-corrected chi connectivity index (χ4v) is 1.98. The first kappa shape index (κ1) is 16.3. The molecule has 0 aromatic heterocycles. The Morgan fingerprint density at radius 3 is 2.30 bits per heavy atom. The van der Waals surface area contributed by atoms with Gasteiger partial charge in [0, 0.05) is 6.42 Å². The van der Waals surface area contributed by atoms with Gasteiger partial charge in [-0.05, 0) is 30.0 Å². The van der Waals surface area contributed by atoms with Crippen LogP contribution >= 0.6 is 0 Å². The van der Waals surface area contributed by atoms with Crippen LogP contribution in [0.4, 0.5) is 0 Å². The van der Waals surface area contributed by atoms with E-state index < -0.39 is 0 Å².